The average Bonchev–Trinajstić information content (AvgIpc) is 2.77. The molecular weight excluding hydrogens is 232 g/mol. The van der Waals surface area contributed by atoms with Crippen molar-refractivity contribution in [2.24, 2.45) is 0 Å². The molecule has 0 bridgehead atoms. The zero-order valence-corrected chi connectivity index (χ0v) is 10.3. The van der Waals surface area contributed by atoms with E-state index in [1.165, 1.54) is 16.9 Å². The van der Waals surface area contributed by atoms with Crippen LogP contribution in [0.5, 0.6) is 5.75 Å². The van der Waals surface area contributed by atoms with Gasteiger partial charge in [0.25, 0.3) is 0 Å². The van der Waals surface area contributed by atoms with Gasteiger partial charge in [-0.05, 0) is 24.6 Å². The summed E-state index contributed by atoms with van der Waals surface area (Å²) in [5.41, 5.74) is 1.18. The molecule has 0 unspecified atom stereocenters. The van der Waals surface area contributed by atoms with Crippen molar-refractivity contribution in [1.29, 1.82) is 5.26 Å². The molecule has 0 radical (unpaired) electrons. The van der Waals surface area contributed by atoms with E-state index in [0.29, 0.717) is 11.5 Å². The molecule has 0 atom stereocenters. The minimum absolute atomic E-state index is 0.585. The Hall–Kier alpha value is -1.86. The maximum absolute atomic E-state index is 8.67. The van der Waals surface area contributed by atoms with E-state index in [9.17, 15) is 0 Å². The Morgan fingerprint density at radius 3 is 3.06 bits per heavy atom. The van der Waals surface area contributed by atoms with Crippen molar-refractivity contribution in [3.63, 3.8) is 0 Å². The summed E-state index contributed by atoms with van der Waals surface area (Å²) in [7, 11) is 0. The van der Waals surface area contributed by atoms with Gasteiger partial charge in [-0.15, -0.1) is 11.3 Å². The van der Waals surface area contributed by atoms with E-state index in [0.717, 1.165) is 17.2 Å². The molecule has 0 aliphatic carbocycles. The van der Waals surface area contributed by atoms with Gasteiger partial charge in [-0.2, -0.15) is 5.26 Å². The van der Waals surface area contributed by atoms with E-state index in [1.54, 1.807) is 6.20 Å². The largest absolute Gasteiger partial charge is 0.493 e. The topological polar surface area (TPSA) is 45.9 Å². The van der Waals surface area contributed by atoms with Crippen LogP contribution in [0.15, 0.2) is 30.5 Å². The molecule has 0 aliphatic heterocycles. The van der Waals surface area contributed by atoms with E-state index in [-0.39, 0.29) is 0 Å². The number of aromatic nitrogens is 1. The SMILES string of the molecule is Cc1cccc(OCCc2ncc(C#N)s2)c1. The number of thiazole rings is 1. The van der Waals surface area contributed by atoms with Crippen LogP contribution in [-0.2, 0) is 6.42 Å². The van der Waals surface area contributed by atoms with Gasteiger partial charge in [-0.25, -0.2) is 4.98 Å². The van der Waals surface area contributed by atoms with Crippen LogP contribution in [0, 0.1) is 18.3 Å². The lowest BCUT2D eigenvalue weighted by molar-refractivity contribution is 0.321. The lowest BCUT2D eigenvalue weighted by atomic mass is 10.2. The van der Waals surface area contributed by atoms with Crippen LogP contribution in [0.4, 0.5) is 0 Å². The lowest BCUT2D eigenvalue weighted by Crippen LogP contribution is -2.00. The Morgan fingerprint density at radius 2 is 2.35 bits per heavy atom. The highest BCUT2D eigenvalue weighted by Crippen LogP contribution is 2.15. The van der Waals surface area contributed by atoms with Gasteiger partial charge in [-0.1, -0.05) is 12.1 Å². The fraction of sp³-hybridized carbons (Fsp3) is 0.231. The molecule has 1 aromatic carbocycles. The van der Waals surface area contributed by atoms with Crippen molar-refractivity contribution in [2.75, 3.05) is 6.61 Å². The number of aryl methyl sites for hydroxylation is 1. The Kier molecular flexibility index (Phi) is 3.73. The molecule has 1 aromatic heterocycles. The van der Waals surface area contributed by atoms with Crippen LogP contribution >= 0.6 is 11.3 Å². The fourth-order valence-electron chi connectivity index (χ4n) is 1.44. The molecule has 0 amide bonds. The van der Waals surface area contributed by atoms with Crippen LogP contribution in [0.3, 0.4) is 0 Å². The van der Waals surface area contributed by atoms with Crippen molar-refractivity contribution in [3.8, 4) is 11.8 Å². The number of hydrogen-bond donors (Lipinski definition) is 0. The van der Waals surface area contributed by atoms with Gasteiger partial charge in [0.2, 0.25) is 0 Å². The second kappa shape index (κ2) is 5.46. The maximum atomic E-state index is 8.67. The molecule has 17 heavy (non-hydrogen) atoms. The molecule has 3 nitrogen and oxygen atoms in total. The zero-order chi connectivity index (χ0) is 12.1. The van der Waals surface area contributed by atoms with Crippen LogP contribution in [0.1, 0.15) is 15.4 Å². The molecule has 0 saturated carbocycles. The van der Waals surface area contributed by atoms with Crippen molar-refractivity contribution in [3.05, 3.63) is 45.9 Å². The van der Waals surface area contributed by atoms with Crippen molar-refractivity contribution >= 4 is 11.3 Å². The molecule has 86 valence electrons. The van der Waals surface area contributed by atoms with E-state index in [4.69, 9.17) is 10.00 Å². The first-order valence-electron chi connectivity index (χ1n) is 5.32. The van der Waals surface area contributed by atoms with Gasteiger partial charge in [0.05, 0.1) is 17.8 Å². The summed E-state index contributed by atoms with van der Waals surface area (Å²) in [6, 6.07) is 10.0. The molecule has 0 fully saturated rings. The third-order valence-electron chi connectivity index (χ3n) is 2.24. The summed E-state index contributed by atoms with van der Waals surface area (Å²) in [5, 5.41) is 9.61. The van der Waals surface area contributed by atoms with Crippen LogP contribution < -0.4 is 4.74 Å². The van der Waals surface area contributed by atoms with Gasteiger partial charge in [0.15, 0.2) is 0 Å². The molecule has 0 saturated heterocycles. The van der Waals surface area contributed by atoms with E-state index < -0.39 is 0 Å². The summed E-state index contributed by atoms with van der Waals surface area (Å²) >= 11 is 1.42. The van der Waals surface area contributed by atoms with Gasteiger partial charge in [0.1, 0.15) is 16.7 Å². The van der Waals surface area contributed by atoms with E-state index >= 15 is 0 Å². The van der Waals surface area contributed by atoms with E-state index in [2.05, 4.69) is 11.1 Å². The quantitative estimate of drug-likeness (QED) is 0.830. The fourth-order valence-corrected chi connectivity index (χ4v) is 2.13. The number of rotatable bonds is 4. The Bertz CT molecular complexity index is 542. The predicted octanol–water partition coefficient (Wildman–Crippen LogP) is 2.94. The highest BCUT2D eigenvalue weighted by Gasteiger charge is 2.01. The third-order valence-corrected chi connectivity index (χ3v) is 3.20. The summed E-state index contributed by atoms with van der Waals surface area (Å²) in [6.45, 7) is 2.62. The average molecular weight is 244 g/mol. The number of nitrogens with zero attached hydrogens (tertiary/aromatic N) is 2. The Labute approximate surface area is 104 Å². The van der Waals surface area contributed by atoms with Crippen molar-refractivity contribution in [1.82, 2.24) is 4.98 Å². The van der Waals surface area contributed by atoms with Crippen LogP contribution in [0.25, 0.3) is 0 Å². The number of hydrogen-bond acceptors (Lipinski definition) is 4. The second-order valence-corrected chi connectivity index (χ2v) is 4.76. The molecule has 2 aromatic rings. The highest BCUT2D eigenvalue weighted by atomic mass is 32.1. The van der Waals surface area contributed by atoms with E-state index in [1.807, 2.05) is 31.2 Å². The smallest absolute Gasteiger partial charge is 0.124 e. The molecule has 2 rings (SSSR count). The third kappa shape index (κ3) is 3.30. The minimum atomic E-state index is 0.585. The Balaban J connectivity index is 1.85. The zero-order valence-electron chi connectivity index (χ0n) is 9.51. The summed E-state index contributed by atoms with van der Waals surface area (Å²) < 4.78 is 5.62. The number of ether oxygens (including phenoxy) is 1. The predicted molar refractivity (Wildman–Crippen MR) is 67.2 cm³/mol. The van der Waals surface area contributed by atoms with Gasteiger partial charge in [0, 0.05) is 6.42 Å². The summed E-state index contributed by atoms with van der Waals surface area (Å²) in [5.74, 6) is 0.877. The molecule has 0 N–H and O–H groups in total. The highest BCUT2D eigenvalue weighted by molar-refractivity contribution is 7.12. The second-order valence-electron chi connectivity index (χ2n) is 3.65. The maximum Gasteiger partial charge on any atom is 0.124 e. The minimum Gasteiger partial charge on any atom is -0.493 e. The summed E-state index contributed by atoms with van der Waals surface area (Å²) in [6.07, 6.45) is 2.34. The molecule has 0 spiro atoms. The lowest BCUT2D eigenvalue weighted by Gasteiger charge is -2.05. The molecule has 1 heterocycles. The monoisotopic (exact) mass is 244 g/mol. The van der Waals surface area contributed by atoms with Crippen molar-refractivity contribution in [2.45, 2.75) is 13.3 Å². The molecule has 4 heteroatoms. The summed E-state index contributed by atoms with van der Waals surface area (Å²) in [4.78, 5) is 4.80. The first-order chi connectivity index (χ1) is 8.28. The first-order valence-corrected chi connectivity index (χ1v) is 6.14. The van der Waals surface area contributed by atoms with Gasteiger partial charge in [-0.3, -0.25) is 0 Å². The van der Waals surface area contributed by atoms with Gasteiger partial charge < -0.3 is 4.74 Å². The van der Waals surface area contributed by atoms with Crippen molar-refractivity contribution < 1.29 is 4.74 Å². The normalized spacial score (nSPS) is 9.88. The number of benzene rings is 1. The van der Waals surface area contributed by atoms with Gasteiger partial charge >= 0.3 is 0 Å². The Morgan fingerprint density at radius 1 is 1.47 bits per heavy atom. The van der Waals surface area contributed by atoms with Crippen LogP contribution in [0.2, 0.25) is 0 Å². The first kappa shape index (κ1) is 11.6. The molecular formula is C13H12N2OS. The molecule has 0 aliphatic rings. The number of nitriles is 1. The standard InChI is InChI=1S/C13H12N2OS/c1-10-3-2-4-11(7-10)16-6-5-13-15-9-12(8-14)17-13/h2-4,7,9H,5-6H2,1H3. The van der Waals surface area contributed by atoms with Crippen LogP contribution in [-0.4, -0.2) is 11.6 Å².